The van der Waals surface area contributed by atoms with Crippen LogP contribution in [-0.4, -0.2) is 62.5 Å². The van der Waals surface area contributed by atoms with Crippen LogP contribution in [0.25, 0.3) is 0 Å². The van der Waals surface area contributed by atoms with Gasteiger partial charge in [0.2, 0.25) is 4.75 Å². The Kier molecular flexibility index (Phi) is 8.51. The first-order valence-corrected chi connectivity index (χ1v) is 12.8. The third-order valence-electron chi connectivity index (χ3n) is 6.35. The molecule has 1 aliphatic rings. The van der Waals surface area contributed by atoms with Crippen molar-refractivity contribution in [3.8, 4) is 5.75 Å². The maximum absolute atomic E-state index is 13.7. The van der Waals surface area contributed by atoms with Crippen molar-refractivity contribution < 1.29 is 27.8 Å². The summed E-state index contributed by atoms with van der Waals surface area (Å²) < 4.78 is 36.4. The highest BCUT2D eigenvalue weighted by Gasteiger charge is 2.55. The van der Waals surface area contributed by atoms with Crippen LogP contribution in [-0.2, 0) is 19.4 Å². The number of likely N-dealkylation sites (tertiary alicyclic amines) is 1. The zero-order valence-electron chi connectivity index (χ0n) is 19.3. The van der Waals surface area contributed by atoms with Crippen LogP contribution in [0.15, 0.2) is 59.5 Å². The number of rotatable bonds is 10. The molecule has 3 rings (SSSR count). The lowest BCUT2D eigenvalue weighted by Gasteiger charge is -2.34. The van der Waals surface area contributed by atoms with E-state index in [9.17, 15) is 18.3 Å². The van der Waals surface area contributed by atoms with Crippen molar-refractivity contribution in [1.82, 2.24) is 4.90 Å². The van der Waals surface area contributed by atoms with Crippen LogP contribution in [0.1, 0.15) is 44.3 Å². The summed E-state index contributed by atoms with van der Waals surface area (Å²) in [7, 11) is -2.85. The molecule has 0 saturated carbocycles. The molecule has 1 fully saturated rings. The number of hydrogen-bond donors (Lipinski definition) is 1. The third-order valence-corrected chi connectivity index (χ3v) is 8.74. The van der Waals surface area contributed by atoms with E-state index < -0.39 is 26.7 Å². The maximum atomic E-state index is 13.7. The van der Waals surface area contributed by atoms with Gasteiger partial charge in [0.1, 0.15) is 11.9 Å². The van der Waals surface area contributed by atoms with Gasteiger partial charge in [0.15, 0.2) is 9.84 Å². The van der Waals surface area contributed by atoms with Gasteiger partial charge in [0.05, 0.1) is 18.6 Å². The minimum absolute atomic E-state index is 0.0924. The number of hydrogen-bond acceptors (Lipinski definition) is 6. The normalized spacial score (nSPS) is 18.1. The molecule has 0 radical (unpaired) electrons. The number of aliphatic carboxylic acids is 1. The van der Waals surface area contributed by atoms with Crippen LogP contribution in [0, 0.1) is 0 Å². The lowest BCUT2D eigenvalue weighted by molar-refractivity contribution is -0.144. The Hall–Kier alpha value is -2.42. The molecule has 180 valence electrons. The van der Waals surface area contributed by atoms with Crippen molar-refractivity contribution in [3.63, 3.8) is 0 Å². The van der Waals surface area contributed by atoms with Gasteiger partial charge >= 0.3 is 5.97 Å². The molecule has 1 N–H and O–H groups in total. The molecule has 7 nitrogen and oxygen atoms in total. The van der Waals surface area contributed by atoms with Gasteiger partial charge in [0.25, 0.3) is 0 Å². The molecule has 33 heavy (non-hydrogen) atoms. The molecule has 0 aromatic heterocycles. The van der Waals surface area contributed by atoms with Gasteiger partial charge in [-0.1, -0.05) is 43.2 Å². The van der Waals surface area contributed by atoms with Crippen LogP contribution in [0.4, 0.5) is 0 Å². The van der Waals surface area contributed by atoms with E-state index in [0.717, 1.165) is 25.9 Å². The summed E-state index contributed by atoms with van der Waals surface area (Å²) in [6.07, 6.45) is 3.49. The van der Waals surface area contributed by atoms with E-state index in [1.54, 1.807) is 30.3 Å². The van der Waals surface area contributed by atoms with Crippen LogP contribution >= 0.6 is 0 Å². The predicted octanol–water partition coefficient (Wildman–Crippen LogP) is 3.95. The first-order chi connectivity index (χ1) is 15.8. The smallest absolute Gasteiger partial charge is 0.328 e. The molecule has 2 aromatic carbocycles. The largest absolute Gasteiger partial charge is 0.497 e. The summed E-state index contributed by atoms with van der Waals surface area (Å²) in [6.45, 7) is 4.04. The van der Waals surface area contributed by atoms with E-state index in [-0.39, 0.29) is 11.5 Å². The number of carbonyl (C=O) groups is 1. The number of methoxy groups -OCH3 is 1. The SMILES string of the molecule is COc1ccc(S(=O)(=O)C(C)(C(=O)O)C(OCCN2CCCCCC2)c2ccccc2)cc1. The summed E-state index contributed by atoms with van der Waals surface area (Å²) in [5.41, 5.74) is 0.510. The molecule has 0 aliphatic carbocycles. The van der Waals surface area contributed by atoms with Gasteiger partial charge < -0.3 is 19.5 Å². The molecule has 1 heterocycles. The number of nitrogens with zero attached hydrogens (tertiary/aromatic N) is 1. The number of benzene rings is 2. The monoisotopic (exact) mass is 475 g/mol. The topological polar surface area (TPSA) is 93.1 Å². The summed E-state index contributed by atoms with van der Waals surface area (Å²) in [4.78, 5) is 14.8. The summed E-state index contributed by atoms with van der Waals surface area (Å²) in [5, 5.41) is 10.3. The van der Waals surface area contributed by atoms with Gasteiger partial charge in [-0.05, 0) is 62.7 Å². The molecule has 0 bridgehead atoms. The second-order valence-electron chi connectivity index (χ2n) is 8.51. The molecular weight excluding hydrogens is 442 g/mol. The Labute approximate surface area is 196 Å². The standard InChI is InChI=1S/C25H33NO6S/c1-25(24(27)28,33(29,30)22-14-12-21(31-2)13-15-22)23(20-10-6-5-7-11-20)32-19-18-26-16-8-3-4-9-17-26/h5-7,10-15,23H,3-4,8-9,16-19H2,1-2H3,(H,27,28). The van der Waals surface area contributed by atoms with Crippen molar-refractivity contribution in [2.75, 3.05) is 33.4 Å². The Bertz CT molecular complexity index is 1000. The van der Waals surface area contributed by atoms with Crippen molar-refractivity contribution in [2.45, 2.75) is 48.4 Å². The van der Waals surface area contributed by atoms with Crippen molar-refractivity contribution in [2.24, 2.45) is 0 Å². The second kappa shape index (κ2) is 11.1. The van der Waals surface area contributed by atoms with E-state index in [2.05, 4.69) is 4.90 Å². The minimum atomic E-state index is -4.33. The van der Waals surface area contributed by atoms with Gasteiger partial charge in [0, 0.05) is 6.54 Å². The van der Waals surface area contributed by atoms with E-state index in [0.29, 0.717) is 17.9 Å². The highest BCUT2D eigenvalue weighted by atomic mass is 32.2. The van der Waals surface area contributed by atoms with Gasteiger partial charge in [-0.3, -0.25) is 4.79 Å². The van der Waals surface area contributed by atoms with E-state index >= 15 is 0 Å². The predicted molar refractivity (Wildman–Crippen MR) is 126 cm³/mol. The minimum Gasteiger partial charge on any atom is -0.497 e. The average molecular weight is 476 g/mol. The molecule has 2 unspecified atom stereocenters. The fourth-order valence-electron chi connectivity index (χ4n) is 4.23. The van der Waals surface area contributed by atoms with Gasteiger partial charge in [-0.15, -0.1) is 0 Å². The van der Waals surface area contributed by atoms with E-state index in [4.69, 9.17) is 9.47 Å². The zero-order chi connectivity index (χ0) is 23.9. The molecule has 1 aliphatic heterocycles. The van der Waals surface area contributed by atoms with Crippen LogP contribution in [0.3, 0.4) is 0 Å². The van der Waals surface area contributed by atoms with Crippen molar-refractivity contribution in [1.29, 1.82) is 0 Å². The lowest BCUT2D eigenvalue weighted by atomic mass is 9.96. The highest BCUT2D eigenvalue weighted by molar-refractivity contribution is 7.93. The molecule has 0 amide bonds. The Morgan fingerprint density at radius 2 is 1.64 bits per heavy atom. The first kappa shape index (κ1) is 25.2. The quantitative estimate of drug-likeness (QED) is 0.556. The Balaban J connectivity index is 1.94. The van der Waals surface area contributed by atoms with Crippen LogP contribution < -0.4 is 4.74 Å². The average Bonchev–Trinajstić information content (AvgIpc) is 3.10. The number of carboxylic acid groups (broad SMARTS) is 1. The molecule has 0 spiro atoms. The van der Waals surface area contributed by atoms with Gasteiger partial charge in [-0.25, -0.2) is 8.42 Å². The van der Waals surface area contributed by atoms with Gasteiger partial charge in [-0.2, -0.15) is 0 Å². The Morgan fingerprint density at radius 3 is 2.18 bits per heavy atom. The molecule has 1 saturated heterocycles. The van der Waals surface area contributed by atoms with E-state index in [1.807, 2.05) is 0 Å². The number of sulfone groups is 1. The summed E-state index contributed by atoms with van der Waals surface area (Å²) in [5.74, 6) is -0.971. The fraction of sp³-hybridized carbons (Fsp3) is 0.480. The summed E-state index contributed by atoms with van der Waals surface area (Å²) >= 11 is 0. The lowest BCUT2D eigenvalue weighted by Crippen LogP contribution is -2.50. The molecule has 2 atom stereocenters. The Morgan fingerprint density at radius 1 is 1.03 bits per heavy atom. The first-order valence-electron chi connectivity index (χ1n) is 11.3. The molecule has 2 aromatic rings. The van der Waals surface area contributed by atoms with Crippen LogP contribution in [0.2, 0.25) is 0 Å². The van der Waals surface area contributed by atoms with Crippen LogP contribution in [0.5, 0.6) is 5.75 Å². The van der Waals surface area contributed by atoms with Crippen molar-refractivity contribution in [3.05, 3.63) is 60.2 Å². The molecular formula is C25H33NO6S. The van der Waals surface area contributed by atoms with Crippen molar-refractivity contribution >= 4 is 15.8 Å². The number of ether oxygens (including phenoxy) is 2. The third kappa shape index (κ3) is 5.57. The van der Waals surface area contributed by atoms with E-state index in [1.165, 1.54) is 51.1 Å². The second-order valence-corrected chi connectivity index (χ2v) is 10.8. The number of carboxylic acids is 1. The zero-order valence-corrected chi connectivity index (χ0v) is 20.1. The molecule has 8 heteroatoms. The highest BCUT2D eigenvalue weighted by Crippen LogP contribution is 2.40. The maximum Gasteiger partial charge on any atom is 0.328 e. The fourth-order valence-corrected chi connectivity index (χ4v) is 5.93. The summed E-state index contributed by atoms with van der Waals surface area (Å²) in [6, 6.07) is 14.5.